The van der Waals surface area contributed by atoms with Gasteiger partial charge in [0.05, 0.1) is 23.4 Å². The molecule has 0 aliphatic rings. The molecule has 0 spiro atoms. The third kappa shape index (κ3) is 4.59. The van der Waals surface area contributed by atoms with Crippen LogP contribution < -0.4 is 9.46 Å². The lowest BCUT2D eigenvalue weighted by Crippen LogP contribution is -2.42. The first kappa shape index (κ1) is 17.2. The van der Waals surface area contributed by atoms with E-state index in [1.54, 1.807) is 4.72 Å². The highest BCUT2D eigenvalue weighted by Gasteiger charge is 2.28. The van der Waals surface area contributed by atoms with Crippen LogP contribution in [0.15, 0.2) is 23.1 Å². The van der Waals surface area contributed by atoms with Crippen molar-refractivity contribution in [1.29, 1.82) is 0 Å². The Kier molecular flexibility index (Phi) is 5.53. The maximum Gasteiger partial charge on any atom is 0.322 e. The first-order chi connectivity index (χ1) is 9.67. The van der Waals surface area contributed by atoms with E-state index in [9.17, 15) is 18.0 Å². The zero-order valence-corrected chi connectivity index (χ0v) is 12.3. The molecule has 116 valence electrons. The largest absolute Gasteiger partial charge is 0.495 e. The Hall–Kier alpha value is -1.84. The molecule has 0 unspecified atom stereocenters. The standard InChI is InChI=1S/C11H12ClNO7S/c1-20-9-3-2-6(4-7(9)12)21(18,19)13-8(11(16)17)5-10(14)15/h2-4,8,13H,5H2,1H3,(H,14,15)(H,16,17)/t8-/m0/s1. The van der Waals surface area contributed by atoms with Crippen LogP contribution in [0.25, 0.3) is 0 Å². The Morgan fingerprint density at radius 1 is 1.38 bits per heavy atom. The van der Waals surface area contributed by atoms with Gasteiger partial charge in [0.2, 0.25) is 10.0 Å². The smallest absolute Gasteiger partial charge is 0.322 e. The molecule has 1 aromatic rings. The second-order valence-corrected chi connectivity index (χ2v) is 6.03. The lowest BCUT2D eigenvalue weighted by molar-refractivity contribution is -0.145. The van der Waals surface area contributed by atoms with Gasteiger partial charge < -0.3 is 14.9 Å². The molecule has 1 rings (SSSR count). The number of nitrogens with one attached hydrogen (secondary N) is 1. The molecule has 0 heterocycles. The normalized spacial score (nSPS) is 12.7. The van der Waals surface area contributed by atoms with Gasteiger partial charge in [-0.2, -0.15) is 4.72 Å². The molecule has 0 radical (unpaired) electrons. The SMILES string of the molecule is COc1ccc(S(=O)(=O)N[C@@H](CC(=O)O)C(=O)O)cc1Cl. The second-order valence-electron chi connectivity index (χ2n) is 3.91. The Morgan fingerprint density at radius 3 is 2.43 bits per heavy atom. The molecule has 0 aliphatic carbocycles. The van der Waals surface area contributed by atoms with E-state index < -0.39 is 34.4 Å². The quantitative estimate of drug-likeness (QED) is 0.662. The van der Waals surface area contributed by atoms with Gasteiger partial charge in [0.1, 0.15) is 11.8 Å². The van der Waals surface area contributed by atoms with Crippen molar-refractivity contribution < 1.29 is 33.0 Å². The van der Waals surface area contributed by atoms with Gasteiger partial charge in [-0.1, -0.05) is 11.6 Å². The number of methoxy groups -OCH3 is 1. The summed E-state index contributed by atoms with van der Waals surface area (Å²) in [7, 11) is -2.88. The highest BCUT2D eigenvalue weighted by atomic mass is 35.5. The molecule has 0 aliphatic heterocycles. The summed E-state index contributed by atoms with van der Waals surface area (Å²) in [5.74, 6) is -2.80. The summed E-state index contributed by atoms with van der Waals surface area (Å²) in [5, 5.41) is 17.4. The fourth-order valence-electron chi connectivity index (χ4n) is 1.42. The number of ether oxygens (including phenoxy) is 1. The summed E-state index contributed by atoms with van der Waals surface area (Å²) in [6.07, 6.45) is -0.890. The molecule has 0 bridgehead atoms. The molecule has 8 nitrogen and oxygen atoms in total. The van der Waals surface area contributed by atoms with Crippen LogP contribution in [0, 0.1) is 0 Å². The molecule has 0 fully saturated rings. The van der Waals surface area contributed by atoms with Crippen LogP contribution in [0.3, 0.4) is 0 Å². The minimum Gasteiger partial charge on any atom is -0.495 e. The molecule has 21 heavy (non-hydrogen) atoms. The van der Waals surface area contributed by atoms with Gasteiger partial charge in [-0.3, -0.25) is 9.59 Å². The minimum absolute atomic E-state index is 0.0190. The number of carboxylic acids is 2. The maximum absolute atomic E-state index is 12.0. The number of carbonyl (C=O) groups is 2. The van der Waals surface area contributed by atoms with Crippen LogP contribution in [0.2, 0.25) is 5.02 Å². The van der Waals surface area contributed by atoms with Gasteiger partial charge in [-0.15, -0.1) is 0 Å². The van der Waals surface area contributed by atoms with Gasteiger partial charge in [0, 0.05) is 0 Å². The van der Waals surface area contributed by atoms with Crippen LogP contribution in [0.4, 0.5) is 0 Å². The number of rotatable bonds is 7. The van der Waals surface area contributed by atoms with Gasteiger partial charge in [-0.05, 0) is 18.2 Å². The van der Waals surface area contributed by atoms with E-state index in [1.807, 2.05) is 0 Å². The summed E-state index contributed by atoms with van der Waals surface area (Å²) in [4.78, 5) is 21.1. The van der Waals surface area contributed by atoms with Gasteiger partial charge in [0.25, 0.3) is 0 Å². The number of hydrogen-bond acceptors (Lipinski definition) is 5. The summed E-state index contributed by atoms with van der Waals surface area (Å²) < 4.78 is 30.7. The van der Waals surface area contributed by atoms with E-state index in [0.29, 0.717) is 0 Å². The van der Waals surface area contributed by atoms with Gasteiger partial charge >= 0.3 is 11.9 Å². The molecule has 0 saturated heterocycles. The molecule has 0 amide bonds. The molecular formula is C11H12ClNO7S. The van der Waals surface area contributed by atoms with Crippen molar-refractivity contribution in [2.24, 2.45) is 0 Å². The van der Waals surface area contributed by atoms with Crippen molar-refractivity contribution in [3.8, 4) is 5.75 Å². The van der Waals surface area contributed by atoms with Crippen LogP contribution in [0.5, 0.6) is 5.75 Å². The van der Waals surface area contributed by atoms with E-state index in [2.05, 4.69) is 0 Å². The zero-order valence-electron chi connectivity index (χ0n) is 10.7. The molecule has 0 saturated carbocycles. The van der Waals surface area contributed by atoms with E-state index in [-0.39, 0.29) is 15.7 Å². The number of halogens is 1. The monoisotopic (exact) mass is 337 g/mol. The Balaban J connectivity index is 3.07. The van der Waals surface area contributed by atoms with Crippen LogP contribution in [-0.4, -0.2) is 43.7 Å². The molecular weight excluding hydrogens is 326 g/mol. The maximum atomic E-state index is 12.0. The average Bonchev–Trinajstić information content (AvgIpc) is 2.36. The molecule has 3 N–H and O–H groups in total. The van der Waals surface area contributed by atoms with Crippen LogP contribution in [-0.2, 0) is 19.6 Å². The van der Waals surface area contributed by atoms with Crippen molar-refractivity contribution in [3.63, 3.8) is 0 Å². The molecule has 10 heteroatoms. The lowest BCUT2D eigenvalue weighted by Gasteiger charge is -2.13. The number of carboxylic acid groups (broad SMARTS) is 2. The predicted octanol–water partition coefficient (Wildman–Crippen LogP) is 0.555. The third-order valence-corrected chi connectivity index (χ3v) is 4.17. The van der Waals surface area contributed by atoms with E-state index >= 15 is 0 Å². The van der Waals surface area contributed by atoms with E-state index in [4.69, 9.17) is 26.6 Å². The third-order valence-electron chi connectivity index (χ3n) is 2.41. The topological polar surface area (TPSA) is 130 Å². The van der Waals surface area contributed by atoms with Crippen molar-refractivity contribution in [3.05, 3.63) is 23.2 Å². The Bertz CT molecular complexity index is 659. The van der Waals surface area contributed by atoms with Gasteiger partial charge in [-0.25, -0.2) is 8.42 Å². The van der Waals surface area contributed by atoms with Crippen molar-refractivity contribution in [2.45, 2.75) is 17.4 Å². The van der Waals surface area contributed by atoms with Crippen LogP contribution in [0.1, 0.15) is 6.42 Å². The number of aliphatic carboxylic acids is 2. The Labute approximate surface area is 125 Å². The number of benzene rings is 1. The molecule has 0 aromatic heterocycles. The van der Waals surface area contributed by atoms with Crippen LogP contribution >= 0.6 is 11.6 Å². The fraction of sp³-hybridized carbons (Fsp3) is 0.273. The summed E-state index contributed by atoms with van der Waals surface area (Å²) >= 11 is 5.79. The second kappa shape index (κ2) is 6.74. The lowest BCUT2D eigenvalue weighted by atomic mass is 10.2. The molecule has 1 aromatic carbocycles. The Morgan fingerprint density at radius 2 is 2.00 bits per heavy atom. The van der Waals surface area contributed by atoms with E-state index in [0.717, 1.165) is 12.1 Å². The minimum atomic E-state index is -4.23. The van der Waals surface area contributed by atoms with Gasteiger partial charge in [0.15, 0.2) is 0 Å². The molecule has 1 atom stereocenters. The van der Waals surface area contributed by atoms with Crippen molar-refractivity contribution in [1.82, 2.24) is 4.72 Å². The first-order valence-electron chi connectivity index (χ1n) is 5.48. The number of hydrogen-bond donors (Lipinski definition) is 3. The highest BCUT2D eigenvalue weighted by Crippen LogP contribution is 2.26. The highest BCUT2D eigenvalue weighted by molar-refractivity contribution is 7.89. The summed E-state index contributed by atoms with van der Waals surface area (Å²) in [6.45, 7) is 0. The summed E-state index contributed by atoms with van der Waals surface area (Å²) in [6, 6.07) is 1.74. The predicted molar refractivity (Wildman–Crippen MR) is 72.0 cm³/mol. The fourth-order valence-corrected chi connectivity index (χ4v) is 2.96. The summed E-state index contributed by atoms with van der Waals surface area (Å²) in [5.41, 5.74) is 0. The van der Waals surface area contributed by atoms with Crippen molar-refractivity contribution >= 4 is 33.6 Å². The average molecular weight is 338 g/mol. The first-order valence-corrected chi connectivity index (χ1v) is 7.34. The van der Waals surface area contributed by atoms with Crippen molar-refractivity contribution in [2.75, 3.05) is 7.11 Å². The zero-order chi connectivity index (χ0) is 16.2. The number of sulfonamides is 1. The van der Waals surface area contributed by atoms with E-state index in [1.165, 1.54) is 13.2 Å².